The lowest BCUT2D eigenvalue weighted by atomic mass is 10.1. The van der Waals surface area contributed by atoms with Crippen molar-refractivity contribution in [1.29, 1.82) is 0 Å². The third-order valence-corrected chi connectivity index (χ3v) is 5.62. The van der Waals surface area contributed by atoms with Crippen molar-refractivity contribution in [2.24, 2.45) is 5.73 Å². The maximum Gasteiger partial charge on any atom is 0.196 e. The zero-order chi connectivity index (χ0) is 17.6. The van der Waals surface area contributed by atoms with Crippen molar-refractivity contribution in [3.8, 4) is 0 Å². The molecule has 0 spiro atoms. The Kier molecular flexibility index (Phi) is 4.03. The molecule has 3 N–H and O–H groups in total. The van der Waals surface area contributed by atoms with Crippen LogP contribution in [0.5, 0.6) is 0 Å². The summed E-state index contributed by atoms with van der Waals surface area (Å²) in [5.41, 5.74) is 6.03. The van der Waals surface area contributed by atoms with Gasteiger partial charge in [0, 0.05) is 23.9 Å². The monoisotopic (exact) mass is 373 g/mol. The number of hydrogen-bond acceptors (Lipinski definition) is 5. The zero-order valence-corrected chi connectivity index (χ0v) is 14.5. The maximum atomic E-state index is 13.8. The number of fused-ring (bicyclic) bond motifs is 4. The van der Waals surface area contributed by atoms with Crippen LogP contribution in [-0.4, -0.2) is 18.1 Å². The normalized spacial score (nSPS) is 11.5. The summed E-state index contributed by atoms with van der Waals surface area (Å²) in [6.07, 6.45) is 0. The first-order chi connectivity index (χ1) is 12.1. The van der Waals surface area contributed by atoms with Gasteiger partial charge in [0.25, 0.3) is 0 Å². The summed E-state index contributed by atoms with van der Waals surface area (Å²) < 4.78 is 15.0. The molecule has 126 valence electrons. The minimum atomic E-state index is -0.527. The average molecular weight is 374 g/mol. The van der Waals surface area contributed by atoms with Gasteiger partial charge in [0.15, 0.2) is 5.43 Å². The summed E-state index contributed by atoms with van der Waals surface area (Å²) in [5, 5.41) is 4.92. The summed E-state index contributed by atoms with van der Waals surface area (Å²) in [7, 11) is 0. The second-order valence-electron chi connectivity index (χ2n) is 5.59. The highest BCUT2D eigenvalue weighted by molar-refractivity contribution is 7.25. The van der Waals surface area contributed by atoms with E-state index in [0.29, 0.717) is 39.2 Å². The van der Waals surface area contributed by atoms with Crippen molar-refractivity contribution < 1.29 is 4.39 Å². The zero-order valence-electron chi connectivity index (χ0n) is 13.0. The predicted octanol–water partition coefficient (Wildman–Crippen LogP) is 4.13. The molecule has 0 aliphatic rings. The summed E-state index contributed by atoms with van der Waals surface area (Å²) in [6.45, 7) is 0.959. The molecule has 7 heteroatoms. The van der Waals surface area contributed by atoms with Crippen LogP contribution in [0.3, 0.4) is 0 Å². The molecule has 0 saturated heterocycles. The molecule has 0 atom stereocenters. The van der Waals surface area contributed by atoms with E-state index in [1.165, 1.54) is 23.5 Å². The number of aromatic nitrogens is 1. The number of anilines is 1. The van der Waals surface area contributed by atoms with Gasteiger partial charge >= 0.3 is 0 Å². The molecule has 2 heterocycles. The van der Waals surface area contributed by atoms with Gasteiger partial charge in [-0.15, -0.1) is 11.3 Å². The van der Waals surface area contributed by atoms with Gasteiger partial charge in [-0.05, 0) is 18.2 Å². The number of nitrogens with two attached hydrogens (primary N) is 1. The molecule has 0 amide bonds. The molecule has 25 heavy (non-hydrogen) atoms. The van der Waals surface area contributed by atoms with Gasteiger partial charge in [-0.2, -0.15) is 0 Å². The first-order valence-corrected chi connectivity index (χ1v) is 8.88. The first kappa shape index (κ1) is 16.2. The van der Waals surface area contributed by atoms with Gasteiger partial charge < -0.3 is 11.1 Å². The van der Waals surface area contributed by atoms with Crippen molar-refractivity contribution in [1.82, 2.24) is 4.98 Å². The van der Waals surface area contributed by atoms with Crippen molar-refractivity contribution >= 4 is 59.8 Å². The molecule has 0 saturated carbocycles. The Hall–Kier alpha value is -2.28. The molecule has 0 unspecified atom stereocenters. The van der Waals surface area contributed by atoms with Gasteiger partial charge in [0.2, 0.25) is 0 Å². The number of nitrogens with one attached hydrogen (secondary N) is 1. The smallest absolute Gasteiger partial charge is 0.196 e. The van der Waals surface area contributed by atoms with Crippen LogP contribution in [0.15, 0.2) is 41.2 Å². The summed E-state index contributed by atoms with van der Waals surface area (Å²) in [6, 6.07) is 9.85. The van der Waals surface area contributed by atoms with Crippen LogP contribution < -0.4 is 16.5 Å². The Balaban J connectivity index is 2.24. The molecule has 0 fully saturated rings. The van der Waals surface area contributed by atoms with Gasteiger partial charge in [-0.25, -0.2) is 9.37 Å². The lowest BCUT2D eigenvalue weighted by Crippen LogP contribution is -2.15. The van der Waals surface area contributed by atoms with Gasteiger partial charge in [-0.3, -0.25) is 4.79 Å². The molecule has 4 rings (SSSR count). The number of benzene rings is 2. The quantitative estimate of drug-likeness (QED) is 0.418. The average Bonchev–Trinajstić information content (AvgIpc) is 2.60. The summed E-state index contributed by atoms with van der Waals surface area (Å²) >= 11 is 7.51. The largest absolute Gasteiger partial charge is 0.368 e. The van der Waals surface area contributed by atoms with E-state index in [9.17, 15) is 9.18 Å². The second-order valence-corrected chi connectivity index (χ2v) is 7.02. The minimum Gasteiger partial charge on any atom is -0.368 e. The van der Waals surface area contributed by atoms with Crippen LogP contribution in [0.4, 0.5) is 10.2 Å². The molecule has 2 aromatic carbocycles. The topological polar surface area (TPSA) is 68.0 Å². The van der Waals surface area contributed by atoms with Crippen LogP contribution in [0, 0.1) is 5.82 Å². The minimum absolute atomic E-state index is 0.219. The van der Waals surface area contributed by atoms with E-state index in [1.807, 2.05) is 24.3 Å². The van der Waals surface area contributed by atoms with Crippen LogP contribution in [0.2, 0.25) is 5.02 Å². The standard InChI is InChI=1S/C18H13ClFN3OS/c19-12-8-9(20)7-11-15(24)14-10-3-1-2-4-13(10)23-18(22-6-5-21)17(14)25-16(11)12/h1-4,7-8H,5-6,21H2,(H,22,23). The van der Waals surface area contributed by atoms with Crippen molar-refractivity contribution in [3.05, 3.63) is 57.5 Å². The summed E-state index contributed by atoms with van der Waals surface area (Å²) in [5.74, 6) is 0.0598. The van der Waals surface area contributed by atoms with Crippen molar-refractivity contribution in [2.75, 3.05) is 18.4 Å². The lowest BCUT2D eigenvalue weighted by molar-refractivity contribution is 0.630. The molecular weight excluding hydrogens is 361 g/mol. The van der Waals surface area contributed by atoms with Crippen molar-refractivity contribution in [3.63, 3.8) is 0 Å². The third-order valence-electron chi connectivity index (χ3n) is 3.97. The third kappa shape index (κ3) is 2.63. The van der Waals surface area contributed by atoms with E-state index in [4.69, 9.17) is 17.3 Å². The van der Waals surface area contributed by atoms with E-state index in [2.05, 4.69) is 10.3 Å². The second kappa shape index (κ2) is 6.22. The molecule has 0 bridgehead atoms. The number of para-hydroxylation sites is 1. The number of pyridine rings is 1. The Morgan fingerprint density at radius 3 is 2.80 bits per heavy atom. The Morgan fingerprint density at radius 2 is 2.00 bits per heavy atom. The molecule has 2 aromatic heterocycles. The molecular formula is C18H13ClFN3OS. The number of nitrogens with zero attached hydrogens (tertiary/aromatic N) is 1. The highest BCUT2D eigenvalue weighted by Gasteiger charge is 2.16. The molecule has 4 nitrogen and oxygen atoms in total. The van der Waals surface area contributed by atoms with Gasteiger partial charge in [0.1, 0.15) is 11.6 Å². The number of hydrogen-bond donors (Lipinski definition) is 2. The van der Waals surface area contributed by atoms with E-state index in [1.54, 1.807) is 0 Å². The SMILES string of the molecule is NCCNc1nc2ccccc2c2c(=O)c3cc(F)cc(Cl)c3sc12. The fraction of sp³-hybridized carbons (Fsp3) is 0.111. The van der Waals surface area contributed by atoms with Crippen LogP contribution >= 0.6 is 22.9 Å². The van der Waals surface area contributed by atoms with E-state index in [0.717, 1.165) is 5.39 Å². The fourth-order valence-electron chi connectivity index (χ4n) is 2.90. The van der Waals surface area contributed by atoms with Crippen molar-refractivity contribution in [2.45, 2.75) is 0 Å². The van der Waals surface area contributed by atoms with E-state index in [-0.39, 0.29) is 15.8 Å². The van der Waals surface area contributed by atoms with Gasteiger partial charge in [0.05, 0.1) is 25.3 Å². The highest BCUT2D eigenvalue weighted by atomic mass is 35.5. The highest BCUT2D eigenvalue weighted by Crippen LogP contribution is 2.36. The van der Waals surface area contributed by atoms with Crippen LogP contribution in [0.1, 0.15) is 0 Å². The fourth-order valence-corrected chi connectivity index (χ4v) is 4.36. The van der Waals surface area contributed by atoms with Crippen LogP contribution in [-0.2, 0) is 0 Å². The molecule has 0 aliphatic carbocycles. The Morgan fingerprint density at radius 1 is 1.20 bits per heavy atom. The molecule has 0 radical (unpaired) electrons. The van der Waals surface area contributed by atoms with E-state index >= 15 is 0 Å². The lowest BCUT2D eigenvalue weighted by Gasteiger charge is -2.11. The number of rotatable bonds is 3. The Bertz CT molecular complexity index is 1190. The number of halogens is 2. The molecule has 4 aromatic rings. The Labute approximate surface area is 151 Å². The first-order valence-electron chi connectivity index (χ1n) is 7.68. The summed E-state index contributed by atoms with van der Waals surface area (Å²) in [4.78, 5) is 17.8. The van der Waals surface area contributed by atoms with E-state index < -0.39 is 5.82 Å². The van der Waals surface area contributed by atoms with Gasteiger partial charge in [-0.1, -0.05) is 29.8 Å². The van der Waals surface area contributed by atoms with Crippen LogP contribution in [0.25, 0.3) is 31.1 Å². The maximum absolute atomic E-state index is 13.8. The molecule has 0 aliphatic heterocycles. The predicted molar refractivity (Wildman–Crippen MR) is 103 cm³/mol.